The summed E-state index contributed by atoms with van der Waals surface area (Å²) in [6.45, 7) is 5.89. The van der Waals surface area contributed by atoms with Crippen LogP contribution in [0.5, 0.6) is 11.5 Å². The fraction of sp³-hybridized carbons (Fsp3) is 0.375. The van der Waals surface area contributed by atoms with Crippen molar-refractivity contribution in [2.45, 2.75) is 30.9 Å². The van der Waals surface area contributed by atoms with Gasteiger partial charge in [-0.3, -0.25) is 4.55 Å². The number of benzene rings is 1. The number of hydrogen-bond donors (Lipinski definition) is 3. The van der Waals surface area contributed by atoms with Crippen LogP contribution in [0.4, 0.5) is 8.78 Å². The molecule has 0 spiro atoms. The molecule has 27 heavy (non-hydrogen) atoms. The Morgan fingerprint density at radius 2 is 2.04 bits per heavy atom. The summed E-state index contributed by atoms with van der Waals surface area (Å²) < 4.78 is 60.8. The molecular weight excluding hydrogens is 464 g/mol. The summed E-state index contributed by atoms with van der Waals surface area (Å²) >= 11 is 1.25. The molecule has 0 saturated heterocycles. The maximum Gasteiger partial charge on any atom is 0.242 e. The summed E-state index contributed by atoms with van der Waals surface area (Å²) in [4.78, 5) is -0.483. The third-order valence-electron chi connectivity index (χ3n) is 3.36. The van der Waals surface area contributed by atoms with Crippen LogP contribution in [0.15, 0.2) is 22.6 Å². The van der Waals surface area contributed by atoms with Gasteiger partial charge in [-0.2, -0.15) is 0 Å². The Hall–Kier alpha value is -1.27. The molecule has 3 N–H and O–H groups in total. The average molecular weight is 484 g/mol. The lowest BCUT2D eigenvalue weighted by atomic mass is 10.1. The molecule has 1 aromatic carbocycles. The van der Waals surface area contributed by atoms with Crippen molar-refractivity contribution in [3.8, 4) is 22.8 Å². The summed E-state index contributed by atoms with van der Waals surface area (Å²) in [7, 11) is -2.16. The highest BCUT2D eigenvalue weighted by Crippen LogP contribution is 2.49. The minimum absolute atomic E-state index is 0.0832. The van der Waals surface area contributed by atoms with Crippen molar-refractivity contribution in [3.05, 3.63) is 35.6 Å². The van der Waals surface area contributed by atoms with Crippen molar-refractivity contribution in [2.24, 2.45) is 0 Å². The Kier molecular flexibility index (Phi) is 7.19. The van der Waals surface area contributed by atoms with Crippen LogP contribution in [0.25, 0.3) is 11.3 Å². The lowest BCUT2D eigenvalue weighted by Gasteiger charge is -2.20. The lowest BCUT2D eigenvalue weighted by Crippen LogP contribution is -2.29. The van der Waals surface area contributed by atoms with Gasteiger partial charge in [0.05, 0.1) is 10.4 Å². The first-order valence-electron chi connectivity index (χ1n) is 7.98. The van der Waals surface area contributed by atoms with Gasteiger partial charge < -0.3 is 13.9 Å². The fourth-order valence-corrected chi connectivity index (χ4v) is 3.93. The van der Waals surface area contributed by atoms with E-state index in [2.05, 4.69) is 20.7 Å². The Morgan fingerprint density at radius 3 is 2.59 bits per heavy atom. The van der Waals surface area contributed by atoms with Gasteiger partial charge in [0, 0.05) is 12.6 Å². The Bertz CT molecular complexity index is 843. The number of aromatic hydroxyl groups is 1. The van der Waals surface area contributed by atoms with Crippen LogP contribution in [-0.4, -0.2) is 28.7 Å². The van der Waals surface area contributed by atoms with Crippen LogP contribution in [-0.2, 0) is 11.3 Å². The molecule has 0 saturated carbocycles. The molecule has 0 radical (unpaired) electrons. The Balaban J connectivity index is 2.46. The topological polar surface area (TPSA) is 91.9 Å². The van der Waals surface area contributed by atoms with E-state index in [1.165, 1.54) is 6.07 Å². The Labute approximate surface area is 167 Å². The van der Waals surface area contributed by atoms with Gasteiger partial charge in [0.25, 0.3) is 0 Å². The summed E-state index contributed by atoms with van der Waals surface area (Å²) in [5, 5.41) is 10.6. The highest BCUT2D eigenvalue weighted by atomic mass is 79.9. The largest absolute Gasteiger partial charge is 0.539 e. The summed E-state index contributed by atoms with van der Waals surface area (Å²) in [6, 6.07) is 2.93. The molecule has 0 amide bonds. The van der Waals surface area contributed by atoms with Gasteiger partial charge in [-0.25, -0.2) is 17.7 Å². The lowest BCUT2D eigenvalue weighted by molar-refractivity contribution is 0.438. The molecule has 11 heteroatoms. The molecule has 0 fully saturated rings. The maximum absolute atomic E-state index is 14.2. The van der Waals surface area contributed by atoms with Crippen LogP contribution in [0.2, 0.25) is 19.6 Å². The Morgan fingerprint density at radius 1 is 1.37 bits per heavy atom. The molecule has 2 unspecified atom stereocenters. The molecule has 0 bridgehead atoms. The molecule has 2 aromatic rings. The van der Waals surface area contributed by atoms with E-state index < -0.39 is 36.0 Å². The van der Waals surface area contributed by atoms with Gasteiger partial charge in [0.1, 0.15) is 11.6 Å². The zero-order valence-corrected chi connectivity index (χ0v) is 18.3. The van der Waals surface area contributed by atoms with Gasteiger partial charge in [-0.05, 0) is 38.2 Å². The van der Waals surface area contributed by atoms with Gasteiger partial charge in [0.15, 0.2) is 17.3 Å². The van der Waals surface area contributed by atoms with Crippen LogP contribution in [0, 0.1) is 11.6 Å². The normalized spacial score (nSPS) is 14.2. The van der Waals surface area contributed by atoms with Gasteiger partial charge in [0.2, 0.25) is 25.3 Å². The van der Waals surface area contributed by atoms with Crippen LogP contribution < -0.4 is 9.15 Å². The molecule has 1 aromatic heterocycles. The zero-order valence-electron chi connectivity index (χ0n) is 14.9. The van der Waals surface area contributed by atoms with Crippen molar-refractivity contribution in [3.63, 3.8) is 0 Å². The number of furan rings is 1. The second-order valence-electron chi connectivity index (χ2n) is 6.71. The number of nitrogens with one attached hydrogen (secondary N) is 1. The number of rotatable bonds is 8. The van der Waals surface area contributed by atoms with E-state index in [1.807, 2.05) is 19.6 Å². The predicted octanol–water partition coefficient (Wildman–Crippen LogP) is 4.70. The van der Waals surface area contributed by atoms with E-state index in [-0.39, 0.29) is 35.1 Å². The van der Waals surface area contributed by atoms with Crippen molar-refractivity contribution in [2.75, 3.05) is 6.54 Å². The van der Waals surface area contributed by atoms with E-state index in [1.54, 1.807) is 0 Å². The van der Waals surface area contributed by atoms with Crippen LogP contribution >= 0.6 is 15.9 Å². The highest BCUT2D eigenvalue weighted by Gasteiger charge is 2.31. The highest BCUT2D eigenvalue weighted by molar-refractivity contribution is 9.09. The maximum atomic E-state index is 14.2. The van der Waals surface area contributed by atoms with Gasteiger partial charge in [-0.1, -0.05) is 15.9 Å². The summed E-state index contributed by atoms with van der Waals surface area (Å²) in [5.41, 5.74) is -0.102. The molecule has 6 nitrogen and oxygen atoms in total. The minimum atomic E-state index is -2.16. The first-order valence-corrected chi connectivity index (χ1v) is 13.4. The summed E-state index contributed by atoms with van der Waals surface area (Å²) in [6.07, 6.45) is 0.326. The summed E-state index contributed by atoms with van der Waals surface area (Å²) in [5.74, 6) is -1.87. The molecule has 0 aliphatic rings. The second-order valence-corrected chi connectivity index (χ2v) is 13.0. The molecule has 2 rings (SSSR count). The quantitative estimate of drug-likeness (QED) is 0.287. The zero-order chi connectivity index (χ0) is 20.4. The van der Waals surface area contributed by atoms with Gasteiger partial charge >= 0.3 is 0 Å². The smallest absolute Gasteiger partial charge is 0.242 e. The van der Waals surface area contributed by atoms with Crippen molar-refractivity contribution in [1.29, 1.82) is 0 Å². The van der Waals surface area contributed by atoms with Crippen molar-refractivity contribution < 1.29 is 31.5 Å². The number of halogens is 3. The van der Waals surface area contributed by atoms with E-state index in [4.69, 9.17) is 13.4 Å². The monoisotopic (exact) mass is 483 g/mol. The first-order chi connectivity index (χ1) is 12.5. The second kappa shape index (κ2) is 8.82. The van der Waals surface area contributed by atoms with Crippen LogP contribution in [0.3, 0.4) is 0 Å². The number of hydrogen-bond acceptors (Lipinski definition) is 4. The van der Waals surface area contributed by atoms with Gasteiger partial charge in [-0.15, -0.1) is 0 Å². The van der Waals surface area contributed by atoms with E-state index in [9.17, 15) is 18.1 Å². The van der Waals surface area contributed by atoms with Crippen LogP contribution in [0.1, 0.15) is 17.0 Å². The molecule has 150 valence electrons. The predicted molar refractivity (Wildman–Crippen MR) is 105 cm³/mol. The third kappa shape index (κ3) is 5.85. The minimum Gasteiger partial charge on any atom is -0.539 e. The SMILES string of the molecule is C[Si](C)(C)Oc1c(C(Br)CCNS(=O)O)oc(-c2ccc(F)cc2F)c1O. The third-order valence-corrected chi connectivity index (χ3v) is 5.50. The average Bonchev–Trinajstić information content (AvgIpc) is 2.82. The molecule has 0 aliphatic heterocycles. The fourth-order valence-electron chi connectivity index (χ4n) is 2.30. The molecule has 0 aliphatic carbocycles. The first kappa shape index (κ1) is 22.0. The number of alkyl halides is 1. The van der Waals surface area contributed by atoms with E-state index in [0.717, 1.165) is 6.07 Å². The van der Waals surface area contributed by atoms with Crippen molar-refractivity contribution >= 4 is 35.5 Å². The molecule has 2 atom stereocenters. The molecular formula is C16H20BrF2NO5SSi. The van der Waals surface area contributed by atoms with Crippen molar-refractivity contribution in [1.82, 2.24) is 4.72 Å². The van der Waals surface area contributed by atoms with E-state index in [0.29, 0.717) is 12.5 Å². The van der Waals surface area contributed by atoms with E-state index >= 15 is 0 Å². The molecule has 1 heterocycles. The standard InChI is InChI=1S/C16H20BrF2NO5SSi/c1-27(2,3)25-16-13(21)14(10-5-4-9(18)8-12(10)19)24-15(16)11(17)6-7-20-26(22)23/h4-5,8,11,20-21H,6-7H2,1-3H3,(H,22,23).